The lowest BCUT2D eigenvalue weighted by molar-refractivity contribution is 0.331. The van der Waals surface area contributed by atoms with Crippen LogP contribution >= 0.6 is 0 Å². The van der Waals surface area contributed by atoms with Crippen LogP contribution in [0.1, 0.15) is 31.7 Å². The molecule has 1 aromatic rings. The highest BCUT2D eigenvalue weighted by atomic mass is 16.5. The molecule has 1 unspecified atom stereocenters. The van der Waals surface area contributed by atoms with Gasteiger partial charge in [-0.2, -0.15) is 0 Å². The molecule has 1 saturated heterocycles. The minimum absolute atomic E-state index is 0.236. The van der Waals surface area contributed by atoms with Crippen LogP contribution < -0.4 is 14.8 Å². The van der Waals surface area contributed by atoms with Crippen molar-refractivity contribution in [1.29, 1.82) is 0 Å². The summed E-state index contributed by atoms with van der Waals surface area (Å²) >= 11 is 0. The summed E-state index contributed by atoms with van der Waals surface area (Å²) in [6, 6.07) is 6.12. The zero-order chi connectivity index (χ0) is 13.0. The quantitative estimate of drug-likeness (QED) is 0.870. The summed E-state index contributed by atoms with van der Waals surface area (Å²) in [5, 5.41) is 3.66. The average Bonchev–Trinajstić information content (AvgIpc) is 2.87. The molecule has 0 aromatic heterocycles. The lowest BCUT2D eigenvalue weighted by atomic mass is 9.86. The molecule has 1 aliphatic rings. The second kappa shape index (κ2) is 5.61. The van der Waals surface area contributed by atoms with Gasteiger partial charge in [0.25, 0.3) is 0 Å². The maximum absolute atomic E-state index is 5.51. The highest BCUT2D eigenvalue weighted by Crippen LogP contribution is 2.35. The first kappa shape index (κ1) is 13.2. The zero-order valence-corrected chi connectivity index (χ0v) is 11.6. The zero-order valence-electron chi connectivity index (χ0n) is 11.6. The molecule has 0 radical (unpaired) electrons. The number of benzene rings is 1. The number of ether oxygens (including phenoxy) is 2. The monoisotopic (exact) mass is 249 g/mol. The molecule has 1 fully saturated rings. The van der Waals surface area contributed by atoms with Crippen molar-refractivity contribution in [1.82, 2.24) is 5.32 Å². The maximum atomic E-state index is 5.51. The second-order valence-corrected chi connectivity index (χ2v) is 4.99. The van der Waals surface area contributed by atoms with E-state index in [-0.39, 0.29) is 5.54 Å². The molecule has 1 N–H and O–H groups in total. The van der Waals surface area contributed by atoms with Crippen molar-refractivity contribution in [3.8, 4) is 11.5 Å². The van der Waals surface area contributed by atoms with Crippen LogP contribution in [0.25, 0.3) is 0 Å². The summed E-state index contributed by atoms with van der Waals surface area (Å²) in [6.07, 6.45) is 4.65. The third kappa shape index (κ3) is 2.46. The molecule has 1 aromatic carbocycles. The van der Waals surface area contributed by atoms with Crippen molar-refractivity contribution in [3.63, 3.8) is 0 Å². The molecule has 100 valence electrons. The van der Waals surface area contributed by atoms with E-state index in [1.165, 1.54) is 18.4 Å². The van der Waals surface area contributed by atoms with Crippen LogP contribution in [0.15, 0.2) is 18.2 Å². The van der Waals surface area contributed by atoms with Crippen LogP contribution in [0.4, 0.5) is 0 Å². The molecule has 3 nitrogen and oxygen atoms in total. The van der Waals surface area contributed by atoms with Crippen LogP contribution in [-0.2, 0) is 6.42 Å². The van der Waals surface area contributed by atoms with E-state index in [0.717, 1.165) is 30.9 Å². The van der Waals surface area contributed by atoms with Crippen LogP contribution in [0.5, 0.6) is 11.5 Å². The lowest BCUT2D eigenvalue weighted by Gasteiger charge is -2.29. The van der Waals surface area contributed by atoms with Crippen molar-refractivity contribution >= 4 is 0 Å². The molecule has 1 atom stereocenters. The minimum atomic E-state index is 0.236. The van der Waals surface area contributed by atoms with E-state index in [4.69, 9.17) is 9.47 Å². The number of para-hydroxylation sites is 1. The van der Waals surface area contributed by atoms with Crippen LogP contribution in [0.2, 0.25) is 0 Å². The van der Waals surface area contributed by atoms with Crippen LogP contribution in [-0.4, -0.2) is 26.3 Å². The molecular formula is C15H23NO2. The van der Waals surface area contributed by atoms with Gasteiger partial charge in [0, 0.05) is 5.54 Å². The average molecular weight is 249 g/mol. The third-order valence-corrected chi connectivity index (χ3v) is 4.02. The van der Waals surface area contributed by atoms with Crippen molar-refractivity contribution in [2.75, 3.05) is 20.8 Å². The SMILES string of the molecule is CCC1(Cc2cccc(OC)c2OC)CCCN1. The first-order valence-corrected chi connectivity index (χ1v) is 6.69. The Kier molecular flexibility index (Phi) is 4.12. The number of rotatable bonds is 5. The fourth-order valence-electron chi connectivity index (χ4n) is 2.90. The van der Waals surface area contributed by atoms with Crippen LogP contribution in [0, 0.1) is 0 Å². The Bertz CT molecular complexity index is 397. The Hall–Kier alpha value is -1.22. The van der Waals surface area contributed by atoms with Crippen molar-refractivity contribution in [2.45, 2.75) is 38.1 Å². The van der Waals surface area contributed by atoms with Gasteiger partial charge >= 0.3 is 0 Å². The van der Waals surface area contributed by atoms with E-state index in [1.807, 2.05) is 12.1 Å². The van der Waals surface area contributed by atoms with Crippen molar-refractivity contribution < 1.29 is 9.47 Å². The van der Waals surface area contributed by atoms with Gasteiger partial charge in [0.05, 0.1) is 14.2 Å². The van der Waals surface area contributed by atoms with Gasteiger partial charge in [-0.1, -0.05) is 19.1 Å². The fraction of sp³-hybridized carbons (Fsp3) is 0.600. The summed E-state index contributed by atoms with van der Waals surface area (Å²) in [7, 11) is 3.40. The van der Waals surface area contributed by atoms with E-state index >= 15 is 0 Å². The summed E-state index contributed by atoms with van der Waals surface area (Å²) in [6.45, 7) is 3.38. The highest BCUT2D eigenvalue weighted by molar-refractivity contribution is 5.47. The van der Waals surface area contributed by atoms with E-state index in [9.17, 15) is 0 Å². The Morgan fingerprint density at radius 3 is 2.67 bits per heavy atom. The maximum Gasteiger partial charge on any atom is 0.163 e. The van der Waals surface area contributed by atoms with Gasteiger partial charge in [-0.15, -0.1) is 0 Å². The predicted molar refractivity (Wildman–Crippen MR) is 73.5 cm³/mol. The van der Waals surface area contributed by atoms with Gasteiger partial charge in [0.15, 0.2) is 11.5 Å². The van der Waals surface area contributed by atoms with Gasteiger partial charge < -0.3 is 14.8 Å². The standard InChI is InChI=1S/C15H23NO2/c1-4-15(9-6-10-16-15)11-12-7-5-8-13(17-2)14(12)18-3/h5,7-8,16H,4,6,9-11H2,1-3H3. The third-order valence-electron chi connectivity index (χ3n) is 4.02. The largest absolute Gasteiger partial charge is 0.493 e. The lowest BCUT2D eigenvalue weighted by Crippen LogP contribution is -2.41. The summed E-state index contributed by atoms with van der Waals surface area (Å²) in [5.74, 6) is 1.70. The van der Waals surface area contributed by atoms with Crippen molar-refractivity contribution in [3.05, 3.63) is 23.8 Å². The van der Waals surface area contributed by atoms with Gasteiger partial charge in [0.1, 0.15) is 0 Å². The number of hydrogen-bond acceptors (Lipinski definition) is 3. The molecule has 0 amide bonds. The Balaban J connectivity index is 2.27. The fourth-order valence-corrected chi connectivity index (χ4v) is 2.90. The number of methoxy groups -OCH3 is 2. The normalized spacial score (nSPS) is 23.1. The molecule has 1 aliphatic heterocycles. The molecular weight excluding hydrogens is 226 g/mol. The number of nitrogens with one attached hydrogen (secondary N) is 1. The van der Waals surface area contributed by atoms with E-state index < -0.39 is 0 Å². The van der Waals surface area contributed by atoms with Crippen molar-refractivity contribution in [2.24, 2.45) is 0 Å². The molecule has 0 saturated carbocycles. The van der Waals surface area contributed by atoms with Gasteiger partial charge in [-0.25, -0.2) is 0 Å². The second-order valence-electron chi connectivity index (χ2n) is 4.99. The molecule has 2 rings (SSSR count). The van der Waals surface area contributed by atoms with Gasteiger partial charge in [0.2, 0.25) is 0 Å². The highest BCUT2D eigenvalue weighted by Gasteiger charge is 2.32. The summed E-state index contributed by atoms with van der Waals surface area (Å²) in [4.78, 5) is 0. The molecule has 3 heteroatoms. The molecule has 0 aliphatic carbocycles. The molecule has 0 bridgehead atoms. The topological polar surface area (TPSA) is 30.5 Å². The first-order valence-electron chi connectivity index (χ1n) is 6.69. The van der Waals surface area contributed by atoms with E-state index in [2.05, 4.69) is 18.3 Å². The molecule has 18 heavy (non-hydrogen) atoms. The number of hydrogen-bond donors (Lipinski definition) is 1. The van der Waals surface area contributed by atoms with E-state index in [0.29, 0.717) is 0 Å². The predicted octanol–water partition coefficient (Wildman–Crippen LogP) is 2.78. The Morgan fingerprint density at radius 1 is 1.28 bits per heavy atom. The van der Waals surface area contributed by atoms with Gasteiger partial charge in [-0.3, -0.25) is 0 Å². The summed E-state index contributed by atoms with van der Waals surface area (Å²) in [5.41, 5.74) is 1.47. The van der Waals surface area contributed by atoms with E-state index in [1.54, 1.807) is 14.2 Å². The summed E-state index contributed by atoms with van der Waals surface area (Å²) < 4.78 is 10.9. The Morgan fingerprint density at radius 2 is 2.11 bits per heavy atom. The Labute approximate surface area is 109 Å². The first-order chi connectivity index (χ1) is 8.74. The van der Waals surface area contributed by atoms with Crippen LogP contribution in [0.3, 0.4) is 0 Å². The molecule has 0 spiro atoms. The smallest absolute Gasteiger partial charge is 0.163 e. The minimum Gasteiger partial charge on any atom is -0.493 e. The van der Waals surface area contributed by atoms with Gasteiger partial charge in [-0.05, 0) is 43.9 Å². The molecule has 1 heterocycles.